The van der Waals surface area contributed by atoms with Crippen molar-refractivity contribution >= 4 is 5.78 Å². The van der Waals surface area contributed by atoms with Crippen molar-refractivity contribution in [3.8, 4) is 0 Å². The van der Waals surface area contributed by atoms with Crippen molar-refractivity contribution in [3.05, 3.63) is 11.1 Å². The van der Waals surface area contributed by atoms with E-state index >= 15 is 0 Å². The zero-order valence-electron chi connectivity index (χ0n) is 23.1. The van der Waals surface area contributed by atoms with Crippen LogP contribution in [0.15, 0.2) is 11.1 Å². The van der Waals surface area contributed by atoms with Gasteiger partial charge in [-0.3, -0.25) is 4.79 Å². The Morgan fingerprint density at radius 3 is 2.40 bits per heavy atom. The first kappa shape index (κ1) is 25.9. The molecule has 1 saturated heterocycles. The van der Waals surface area contributed by atoms with E-state index in [2.05, 4.69) is 41.5 Å². The molecule has 0 radical (unpaired) electrons. The van der Waals surface area contributed by atoms with Gasteiger partial charge < -0.3 is 20.1 Å². The number of ketones is 1. The molecule has 0 spiro atoms. The van der Waals surface area contributed by atoms with Gasteiger partial charge in [-0.15, -0.1) is 0 Å². The van der Waals surface area contributed by atoms with Gasteiger partial charge in [-0.2, -0.15) is 0 Å². The van der Waals surface area contributed by atoms with Gasteiger partial charge in [0.1, 0.15) is 11.9 Å². The van der Waals surface area contributed by atoms with E-state index in [0.717, 1.165) is 25.7 Å². The summed E-state index contributed by atoms with van der Waals surface area (Å²) in [6, 6.07) is 0. The van der Waals surface area contributed by atoms with Gasteiger partial charge in [-0.05, 0) is 91.9 Å². The van der Waals surface area contributed by atoms with Crippen LogP contribution in [-0.4, -0.2) is 51.1 Å². The summed E-state index contributed by atoms with van der Waals surface area (Å²) in [6.45, 7) is 17.0. The Morgan fingerprint density at radius 2 is 1.77 bits per heavy atom. The van der Waals surface area contributed by atoms with Crippen LogP contribution in [0.4, 0.5) is 0 Å². The molecule has 4 fully saturated rings. The highest BCUT2D eigenvalue weighted by molar-refractivity contribution is 5.85. The molecule has 1 aliphatic heterocycles. The van der Waals surface area contributed by atoms with Crippen LogP contribution in [0.3, 0.4) is 0 Å². The molecule has 10 atom stereocenters. The lowest BCUT2D eigenvalue weighted by molar-refractivity contribution is -0.212. The SMILES string of the molecule is C[C@@H]1C[C@@H]([C@H](O)C(C)(C)O)O[C@H]2C[C@@]3(C)C(=C12)C[C@H](O)[C@H]1[C@@]2(C)CCC(=O)C(C)(C)[C@@H]2CC[C@@]13C. The molecular formula is C30H48O5. The maximum absolute atomic E-state index is 12.9. The molecule has 3 saturated carbocycles. The summed E-state index contributed by atoms with van der Waals surface area (Å²) in [5, 5.41) is 33.1. The summed E-state index contributed by atoms with van der Waals surface area (Å²) in [7, 11) is 0. The van der Waals surface area contributed by atoms with Gasteiger partial charge in [0.05, 0.1) is 23.9 Å². The Bertz CT molecular complexity index is 945. The Kier molecular flexibility index (Phi) is 5.65. The summed E-state index contributed by atoms with van der Waals surface area (Å²) >= 11 is 0. The minimum absolute atomic E-state index is 0.0666. The van der Waals surface area contributed by atoms with Crippen LogP contribution in [0, 0.1) is 39.4 Å². The molecule has 0 bridgehead atoms. The molecule has 0 amide bonds. The van der Waals surface area contributed by atoms with Gasteiger partial charge in [-0.25, -0.2) is 0 Å². The molecule has 5 nitrogen and oxygen atoms in total. The number of ether oxygens (including phenoxy) is 1. The Hall–Kier alpha value is -0.750. The van der Waals surface area contributed by atoms with Gasteiger partial charge in [0.15, 0.2) is 0 Å². The fourth-order valence-electron chi connectivity index (χ4n) is 10.3. The molecule has 5 heteroatoms. The van der Waals surface area contributed by atoms with E-state index in [4.69, 9.17) is 4.74 Å². The largest absolute Gasteiger partial charge is 0.392 e. The molecule has 5 rings (SSSR count). The third-order valence-electron chi connectivity index (χ3n) is 12.2. The highest BCUT2D eigenvalue weighted by atomic mass is 16.5. The molecule has 35 heavy (non-hydrogen) atoms. The summed E-state index contributed by atoms with van der Waals surface area (Å²) in [5.74, 6) is 1.07. The van der Waals surface area contributed by atoms with Crippen molar-refractivity contribution < 1.29 is 24.9 Å². The van der Waals surface area contributed by atoms with Gasteiger partial charge in [0.2, 0.25) is 0 Å². The molecule has 5 aliphatic rings. The first-order valence-electron chi connectivity index (χ1n) is 14.0. The Morgan fingerprint density at radius 1 is 1.11 bits per heavy atom. The smallest absolute Gasteiger partial charge is 0.138 e. The van der Waals surface area contributed by atoms with Crippen LogP contribution in [0.2, 0.25) is 0 Å². The van der Waals surface area contributed by atoms with E-state index in [1.807, 2.05) is 0 Å². The molecule has 0 aromatic rings. The average molecular weight is 489 g/mol. The van der Waals surface area contributed by atoms with Gasteiger partial charge in [0.25, 0.3) is 0 Å². The van der Waals surface area contributed by atoms with Crippen LogP contribution < -0.4 is 0 Å². The zero-order valence-corrected chi connectivity index (χ0v) is 23.1. The predicted octanol–water partition coefficient (Wildman–Crippen LogP) is 4.81. The summed E-state index contributed by atoms with van der Waals surface area (Å²) < 4.78 is 6.57. The van der Waals surface area contributed by atoms with E-state index in [1.54, 1.807) is 13.8 Å². The van der Waals surface area contributed by atoms with Crippen molar-refractivity contribution in [1.29, 1.82) is 0 Å². The van der Waals surface area contributed by atoms with Crippen molar-refractivity contribution in [2.24, 2.45) is 39.4 Å². The molecular weight excluding hydrogens is 440 g/mol. The van der Waals surface area contributed by atoms with E-state index in [-0.39, 0.29) is 39.6 Å². The second kappa shape index (κ2) is 7.65. The van der Waals surface area contributed by atoms with Crippen LogP contribution in [-0.2, 0) is 9.53 Å². The van der Waals surface area contributed by atoms with Gasteiger partial charge in [-0.1, -0.05) is 47.1 Å². The van der Waals surface area contributed by atoms with E-state index in [0.29, 0.717) is 31.0 Å². The number of Topliss-reactive ketones (excluding diaryl/α,β-unsaturated/α-hetero) is 1. The third kappa shape index (κ3) is 3.30. The van der Waals surface area contributed by atoms with Gasteiger partial charge in [0, 0.05) is 11.8 Å². The topological polar surface area (TPSA) is 87.0 Å². The lowest BCUT2D eigenvalue weighted by Crippen LogP contribution is -2.65. The maximum atomic E-state index is 12.9. The monoisotopic (exact) mass is 488 g/mol. The van der Waals surface area contributed by atoms with Crippen LogP contribution >= 0.6 is 0 Å². The third-order valence-corrected chi connectivity index (χ3v) is 12.2. The standard InChI is InChI=1S/C30H48O5/c1-16-13-19(25(33)27(4,5)34)35-20-15-30(8)17(23(16)20)14-18(31)24-28(6)11-10-22(32)26(2,3)21(28)9-12-29(24,30)7/h16,18-21,24-25,31,33-34H,9-15H2,1-8H3/t16-,18+,19+,20+,21+,24+,25+,28+,29+,30+/m1/s1. The lowest BCUT2D eigenvalue weighted by Gasteiger charge is -2.68. The van der Waals surface area contributed by atoms with E-state index in [9.17, 15) is 20.1 Å². The van der Waals surface area contributed by atoms with Crippen molar-refractivity contribution in [2.45, 2.75) is 130 Å². The van der Waals surface area contributed by atoms with Crippen molar-refractivity contribution in [2.75, 3.05) is 0 Å². The number of rotatable bonds is 2. The quantitative estimate of drug-likeness (QED) is 0.486. The first-order chi connectivity index (χ1) is 16.0. The summed E-state index contributed by atoms with van der Waals surface area (Å²) in [4.78, 5) is 12.9. The highest BCUT2D eigenvalue weighted by Gasteiger charge is 2.70. The number of carbonyl (C=O) groups is 1. The molecule has 198 valence electrons. The van der Waals surface area contributed by atoms with Crippen molar-refractivity contribution in [3.63, 3.8) is 0 Å². The molecule has 1 heterocycles. The Labute approximate surface area is 211 Å². The summed E-state index contributed by atoms with van der Waals surface area (Å²) in [6.07, 6.45) is 3.95. The fourth-order valence-corrected chi connectivity index (χ4v) is 10.3. The maximum Gasteiger partial charge on any atom is 0.138 e. The highest BCUT2D eigenvalue weighted by Crippen LogP contribution is 2.74. The number of fused-ring (bicyclic) bond motifs is 6. The Balaban J connectivity index is 1.53. The van der Waals surface area contributed by atoms with E-state index in [1.165, 1.54) is 11.1 Å². The molecule has 3 N–H and O–H groups in total. The number of hydrogen-bond donors (Lipinski definition) is 3. The number of carbonyl (C=O) groups excluding carboxylic acids is 1. The average Bonchev–Trinajstić information content (AvgIpc) is 3.03. The molecule has 0 aromatic carbocycles. The van der Waals surface area contributed by atoms with E-state index < -0.39 is 23.9 Å². The molecule has 4 aliphatic carbocycles. The van der Waals surface area contributed by atoms with Gasteiger partial charge >= 0.3 is 0 Å². The first-order valence-corrected chi connectivity index (χ1v) is 14.0. The minimum Gasteiger partial charge on any atom is -0.392 e. The predicted molar refractivity (Wildman–Crippen MR) is 136 cm³/mol. The normalized spacial score (nSPS) is 50.2. The van der Waals surface area contributed by atoms with Crippen LogP contribution in [0.1, 0.15) is 100 Å². The molecule has 0 aromatic heterocycles. The molecule has 0 unspecified atom stereocenters. The van der Waals surface area contributed by atoms with Crippen LogP contribution in [0.5, 0.6) is 0 Å². The number of aliphatic hydroxyl groups excluding tert-OH is 2. The lowest BCUT2D eigenvalue weighted by atomic mass is 9.36. The fraction of sp³-hybridized carbons (Fsp3) is 0.900. The minimum atomic E-state index is -1.21. The second-order valence-corrected chi connectivity index (χ2v) is 14.8. The second-order valence-electron chi connectivity index (χ2n) is 14.8. The van der Waals surface area contributed by atoms with Crippen molar-refractivity contribution in [1.82, 2.24) is 0 Å². The zero-order chi connectivity index (χ0) is 25.9. The van der Waals surface area contributed by atoms with Crippen LogP contribution in [0.25, 0.3) is 0 Å². The number of aliphatic hydroxyl groups is 3. The number of hydrogen-bond acceptors (Lipinski definition) is 5. The summed E-state index contributed by atoms with van der Waals surface area (Å²) in [5.41, 5.74) is 0.954.